The number of benzene rings is 1. The minimum absolute atomic E-state index is 0.0814. The number of amides is 1. The van der Waals surface area contributed by atoms with Crippen LogP contribution in [-0.2, 0) is 15.8 Å². The van der Waals surface area contributed by atoms with Gasteiger partial charge in [0.1, 0.15) is 5.69 Å². The Morgan fingerprint density at radius 3 is 2.65 bits per heavy atom. The number of sulfonamides is 1. The molecule has 0 atom stereocenters. The number of carbonyl (C=O) groups is 1. The Kier molecular flexibility index (Phi) is 4.03. The van der Waals surface area contributed by atoms with E-state index < -0.39 is 15.9 Å². The molecule has 0 aliphatic carbocycles. The molecule has 0 saturated carbocycles. The number of nitrogens with one attached hydrogen (secondary N) is 1. The zero-order valence-corrected chi connectivity index (χ0v) is 12.8. The molecule has 6 nitrogen and oxygen atoms in total. The molecule has 3 aromatic rings. The van der Waals surface area contributed by atoms with Crippen LogP contribution in [0.3, 0.4) is 0 Å². The largest absolute Gasteiger partial charge is 0.283 e. The highest BCUT2D eigenvalue weighted by molar-refractivity contribution is 7.89. The standard InChI is InChI=1S/C16H13N3O3S/c20-16(15-14-6-2-1-5-13(14)7-9-18-15)19-23(21,22)11-12-4-3-8-17-10-12/h1-10H,11H2,(H,19,20). The number of pyridine rings is 2. The van der Waals surface area contributed by atoms with Gasteiger partial charge < -0.3 is 0 Å². The van der Waals surface area contributed by atoms with Crippen molar-refractivity contribution in [3.05, 3.63) is 72.3 Å². The Hall–Kier alpha value is -2.80. The number of carbonyl (C=O) groups excluding carboxylic acids is 1. The number of hydrogen-bond acceptors (Lipinski definition) is 5. The molecule has 2 aromatic heterocycles. The van der Waals surface area contributed by atoms with Gasteiger partial charge in [-0.15, -0.1) is 0 Å². The summed E-state index contributed by atoms with van der Waals surface area (Å²) in [5.41, 5.74) is 0.580. The van der Waals surface area contributed by atoms with Crippen LogP contribution in [0.15, 0.2) is 61.1 Å². The molecule has 0 aliphatic heterocycles. The molecule has 1 amide bonds. The summed E-state index contributed by atoms with van der Waals surface area (Å²) in [7, 11) is -3.83. The summed E-state index contributed by atoms with van der Waals surface area (Å²) in [5.74, 6) is -1.07. The highest BCUT2D eigenvalue weighted by atomic mass is 32.2. The second-order valence-electron chi connectivity index (χ2n) is 4.93. The minimum atomic E-state index is -3.83. The van der Waals surface area contributed by atoms with Gasteiger partial charge in [0.15, 0.2) is 0 Å². The molecule has 0 saturated heterocycles. The zero-order chi connectivity index (χ0) is 16.3. The molecular weight excluding hydrogens is 314 g/mol. The van der Waals surface area contributed by atoms with Gasteiger partial charge in [-0.25, -0.2) is 13.1 Å². The SMILES string of the molecule is O=C(NS(=O)(=O)Cc1cccnc1)c1nccc2ccccc12. The van der Waals surface area contributed by atoms with Crippen molar-refractivity contribution >= 4 is 26.7 Å². The first-order chi connectivity index (χ1) is 11.1. The van der Waals surface area contributed by atoms with Crippen molar-refractivity contribution in [1.82, 2.24) is 14.7 Å². The van der Waals surface area contributed by atoms with Crippen LogP contribution in [0.2, 0.25) is 0 Å². The second kappa shape index (κ2) is 6.13. The van der Waals surface area contributed by atoms with Crippen molar-refractivity contribution in [2.24, 2.45) is 0 Å². The van der Waals surface area contributed by atoms with Crippen LogP contribution in [0, 0.1) is 0 Å². The fraction of sp³-hybridized carbons (Fsp3) is 0.0625. The average molecular weight is 327 g/mol. The van der Waals surface area contributed by atoms with Gasteiger partial charge in [-0.2, -0.15) is 0 Å². The monoisotopic (exact) mass is 327 g/mol. The maximum Gasteiger partial charge on any atom is 0.283 e. The third-order valence-corrected chi connectivity index (χ3v) is 4.43. The van der Waals surface area contributed by atoms with Crippen LogP contribution in [0.1, 0.15) is 16.1 Å². The van der Waals surface area contributed by atoms with Crippen LogP contribution in [0.25, 0.3) is 10.8 Å². The number of nitrogens with zero attached hydrogens (tertiary/aromatic N) is 2. The number of fused-ring (bicyclic) bond motifs is 1. The molecule has 0 aliphatic rings. The lowest BCUT2D eigenvalue weighted by molar-refractivity contribution is 0.0978. The molecule has 0 unspecified atom stereocenters. The summed E-state index contributed by atoms with van der Waals surface area (Å²) in [4.78, 5) is 20.2. The Balaban J connectivity index is 1.86. The highest BCUT2D eigenvalue weighted by Crippen LogP contribution is 2.16. The summed E-state index contributed by atoms with van der Waals surface area (Å²) in [6, 6.07) is 12.2. The number of hydrogen-bond donors (Lipinski definition) is 1. The van der Waals surface area contributed by atoms with Gasteiger partial charge in [0.2, 0.25) is 10.0 Å². The highest BCUT2D eigenvalue weighted by Gasteiger charge is 2.19. The first-order valence-corrected chi connectivity index (χ1v) is 8.48. The molecule has 23 heavy (non-hydrogen) atoms. The van der Waals surface area contributed by atoms with E-state index in [0.29, 0.717) is 10.9 Å². The summed E-state index contributed by atoms with van der Waals surface area (Å²) in [6.45, 7) is 0. The Labute approximate surface area is 133 Å². The van der Waals surface area contributed by atoms with Crippen molar-refractivity contribution < 1.29 is 13.2 Å². The minimum Gasteiger partial charge on any atom is -0.266 e. The van der Waals surface area contributed by atoms with E-state index >= 15 is 0 Å². The molecule has 0 radical (unpaired) electrons. The van der Waals surface area contributed by atoms with E-state index in [4.69, 9.17) is 0 Å². The molecule has 1 N–H and O–H groups in total. The van der Waals surface area contributed by atoms with Crippen molar-refractivity contribution in [1.29, 1.82) is 0 Å². The fourth-order valence-corrected chi connectivity index (χ4v) is 3.29. The lowest BCUT2D eigenvalue weighted by atomic mass is 10.1. The quantitative estimate of drug-likeness (QED) is 0.790. The predicted molar refractivity (Wildman–Crippen MR) is 86.1 cm³/mol. The van der Waals surface area contributed by atoms with Crippen molar-refractivity contribution in [3.8, 4) is 0 Å². The van der Waals surface area contributed by atoms with Crippen LogP contribution in [-0.4, -0.2) is 24.3 Å². The molecule has 0 fully saturated rings. The van der Waals surface area contributed by atoms with E-state index in [2.05, 4.69) is 14.7 Å². The molecule has 3 rings (SSSR count). The van der Waals surface area contributed by atoms with Crippen LogP contribution >= 0.6 is 0 Å². The summed E-state index contributed by atoms with van der Waals surface area (Å²) >= 11 is 0. The van der Waals surface area contributed by atoms with Crippen molar-refractivity contribution in [3.63, 3.8) is 0 Å². The van der Waals surface area contributed by atoms with E-state index in [9.17, 15) is 13.2 Å². The molecule has 7 heteroatoms. The third kappa shape index (κ3) is 3.51. The van der Waals surface area contributed by atoms with Crippen LogP contribution in [0.4, 0.5) is 0 Å². The summed E-state index contributed by atoms with van der Waals surface area (Å²) in [5, 5.41) is 1.42. The number of rotatable bonds is 4. The van der Waals surface area contributed by atoms with E-state index in [1.165, 1.54) is 12.4 Å². The maximum absolute atomic E-state index is 12.3. The van der Waals surface area contributed by atoms with Crippen molar-refractivity contribution in [2.75, 3.05) is 0 Å². The smallest absolute Gasteiger partial charge is 0.266 e. The van der Waals surface area contributed by atoms with Crippen LogP contribution < -0.4 is 4.72 Å². The lowest BCUT2D eigenvalue weighted by Crippen LogP contribution is -2.32. The average Bonchev–Trinajstić information content (AvgIpc) is 2.54. The second-order valence-corrected chi connectivity index (χ2v) is 6.65. The van der Waals surface area contributed by atoms with Gasteiger partial charge in [0.05, 0.1) is 5.75 Å². The van der Waals surface area contributed by atoms with Gasteiger partial charge in [0, 0.05) is 24.0 Å². The van der Waals surface area contributed by atoms with Crippen molar-refractivity contribution in [2.45, 2.75) is 5.75 Å². The summed E-state index contributed by atoms with van der Waals surface area (Å²) < 4.78 is 26.3. The molecule has 0 bridgehead atoms. The van der Waals surface area contributed by atoms with E-state index in [0.717, 1.165) is 5.39 Å². The van der Waals surface area contributed by atoms with Gasteiger partial charge >= 0.3 is 0 Å². The van der Waals surface area contributed by atoms with Gasteiger partial charge in [-0.3, -0.25) is 14.8 Å². The lowest BCUT2D eigenvalue weighted by Gasteiger charge is -2.08. The molecular formula is C16H13N3O3S. The topological polar surface area (TPSA) is 89.0 Å². The third-order valence-electron chi connectivity index (χ3n) is 3.22. The molecule has 116 valence electrons. The first-order valence-electron chi connectivity index (χ1n) is 6.83. The van der Waals surface area contributed by atoms with Gasteiger partial charge in [-0.1, -0.05) is 30.3 Å². The Morgan fingerprint density at radius 1 is 1.04 bits per heavy atom. The Morgan fingerprint density at radius 2 is 1.87 bits per heavy atom. The van der Waals surface area contributed by atoms with E-state index in [1.807, 2.05) is 12.1 Å². The Bertz CT molecular complexity index is 951. The summed E-state index contributed by atoms with van der Waals surface area (Å²) in [6.07, 6.45) is 4.47. The van der Waals surface area contributed by atoms with E-state index in [-0.39, 0.29) is 11.4 Å². The zero-order valence-electron chi connectivity index (χ0n) is 12.0. The normalized spacial score (nSPS) is 11.3. The molecule has 2 heterocycles. The molecule has 0 spiro atoms. The maximum atomic E-state index is 12.3. The van der Waals surface area contributed by atoms with Crippen LogP contribution in [0.5, 0.6) is 0 Å². The fourth-order valence-electron chi connectivity index (χ4n) is 2.23. The van der Waals surface area contributed by atoms with E-state index in [1.54, 1.807) is 36.5 Å². The number of aromatic nitrogens is 2. The predicted octanol–water partition coefficient (Wildman–Crippen LogP) is 1.89. The van der Waals surface area contributed by atoms with Gasteiger partial charge in [0.25, 0.3) is 5.91 Å². The first kappa shape index (κ1) is 15.1. The van der Waals surface area contributed by atoms with Gasteiger partial charge in [-0.05, 0) is 23.1 Å². The molecule has 1 aromatic carbocycles.